The molecule has 1 saturated heterocycles. The van der Waals surface area contributed by atoms with Crippen LogP contribution in [0.2, 0.25) is 0 Å². The average Bonchev–Trinajstić information content (AvgIpc) is 2.72. The first-order valence-electron chi connectivity index (χ1n) is 9.76. The van der Waals surface area contributed by atoms with E-state index in [2.05, 4.69) is 59.5 Å². The van der Waals surface area contributed by atoms with Gasteiger partial charge in [-0.3, -0.25) is 0 Å². The summed E-state index contributed by atoms with van der Waals surface area (Å²) < 4.78 is 0. The lowest BCUT2D eigenvalue weighted by Crippen LogP contribution is -2.32. The van der Waals surface area contributed by atoms with Crippen LogP contribution in [0.25, 0.3) is 0 Å². The Hall–Kier alpha value is -2.31. The Morgan fingerprint density at radius 2 is 1.48 bits per heavy atom. The Morgan fingerprint density at radius 1 is 0.741 bits per heavy atom. The maximum absolute atomic E-state index is 10.5. The molecule has 3 aromatic rings. The smallest absolute Gasteiger partial charge is 0.123 e. The number of phenolic OH excluding ortho intramolecular Hbond substituents is 1. The van der Waals surface area contributed by atoms with E-state index in [0.29, 0.717) is 14.3 Å². The molecule has 3 heteroatoms. The number of hydrogen-bond donors (Lipinski definition) is 1. The molecule has 0 spiro atoms. The molecule has 1 atom stereocenters. The predicted molar refractivity (Wildman–Crippen MR) is 117 cm³/mol. The Balaban J connectivity index is 1.58. The molecule has 3 aromatic carbocycles. The summed E-state index contributed by atoms with van der Waals surface area (Å²) in [6.07, 6.45) is 4.78. The fourth-order valence-corrected chi connectivity index (χ4v) is 5.07. The molecule has 1 heterocycles. The number of anilines is 1. The third-order valence-electron chi connectivity index (χ3n) is 5.18. The molecule has 4 rings (SSSR count). The highest BCUT2D eigenvalue weighted by Crippen LogP contribution is 2.27. The Morgan fingerprint density at radius 3 is 2.30 bits per heavy atom. The third-order valence-corrected chi connectivity index (χ3v) is 6.54. The average molecular weight is 375 g/mol. The van der Waals surface area contributed by atoms with Gasteiger partial charge in [-0.1, -0.05) is 63.2 Å². The highest BCUT2D eigenvalue weighted by Gasteiger charge is 2.15. The minimum atomic E-state index is 0.401. The van der Waals surface area contributed by atoms with Crippen LogP contribution < -0.4 is 15.5 Å². The second kappa shape index (κ2) is 8.59. The molecule has 0 radical (unpaired) electrons. The molecule has 1 unspecified atom stereocenters. The van der Waals surface area contributed by atoms with Gasteiger partial charge in [0.25, 0.3) is 0 Å². The lowest BCUT2D eigenvalue weighted by atomic mass is 10.1. The molecule has 0 amide bonds. The van der Waals surface area contributed by atoms with Crippen molar-refractivity contribution >= 4 is 24.9 Å². The summed E-state index contributed by atoms with van der Waals surface area (Å²) in [6, 6.07) is 25.3. The van der Waals surface area contributed by atoms with Crippen LogP contribution in [0.15, 0.2) is 72.8 Å². The quantitative estimate of drug-likeness (QED) is 0.659. The normalized spacial score (nSPS) is 14.7. The van der Waals surface area contributed by atoms with Crippen molar-refractivity contribution < 1.29 is 5.11 Å². The summed E-state index contributed by atoms with van der Waals surface area (Å²) in [7, 11) is 0.464. The van der Waals surface area contributed by atoms with Crippen molar-refractivity contribution in [3.05, 3.63) is 83.9 Å². The SMILES string of the molecule is Oc1ccc(Cc2ccccc2)cc1Pc1ccccc1N1CCCCC1. The number of aromatic hydroxyl groups is 1. The number of piperidine rings is 1. The first-order chi connectivity index (χ1) is 13.3. The Labute approximate surface area is 163 Å². The molecule has 2 nitrogen and oxygen atoms in total. The predicted octanol–water partition coefficient (Wildman–Crippen LogP) is 4.60. The van der Waals surface area contributed by atoms with Gasteiger partial charge < -0.3 is 10.0 Å². The van der Waals surface area contributed by atoms with Crippen LogP contribution in [0.1, 0.15) is 30.4 Å². The van der Waals surface area contributed by atoms with Crippen molar-refractivity contribution in [2.24, 2.45) is 0 Å². The molecular formula is C24H26NOP. The lowest BCUT2D eigenvalue weighted by Gasteiger charge is -2.30. The molecule has 0 aromatic heterocycles. The number of para-hydroxylation sites is 1. The summed E-state index contributed by atoms with van der Waals surface area (Å²) in [5.41, 5.74) is 3.88. The Kier molecular flexibility index (Phi) is 5.75. The molecular weight excluding hydrogens is 349 g/mol. The van der Waals surface area contributed by atoms with E-state index in [1.807, 2.05) is 18.2 Å². The first-order valence-corrected chi connectivity index (χ1v) is 10.8. The van der Waals surface area contributed by atoms with Crippen molar-refractivity contribution in [1.82, 2.24) is 0 Å². The summed E-state index contributed by atoms with van der Waals surface area (Å²) in [4.78, 5) is 2.51. The largest absolute Gasteiger partial charge is 0.507 e. The van der Waals surface area contributed by atoms with Crippen molar-refractivity contribution in [3.8, 4) is 5.75 Å². The van der Waals surface area contributed by atoms with Gasteiger partial charge in [-0.2, -0.15) is 0 Å². The molecule has 0 saturated carbocycles. The number of phenols is 1. The monoisotopic (exact) mass is 375 g/mol. The third kappa shape index (κ3) is 4.51. The molecule has 1 aliphatic heterocycles. The number of nitrogens with zero attached hydrogens (tertiary/aromatic N) is 1. The zero-order chi connectivity index (χ0) is 18.5. The van der Waals surface area contributed by atoms with Gasteiger partial charge in [0.05, 0.1) is 0 Å². The van der Waals surface area contributed by atoms with Gasteiger partial charge in [0.2, 0.25) is 0 Å². The number of rotatable bonds is 5. The molecule has 0 bridgehead atoms. The van der Waals surface area contributed by atoms with Gasteiger partial charge in [-0.05, 0) is 55.0 Å². The van der Waals surface area contributed by atoms with Gasteiger partial charge in [0.15, 0.2) is 0 Å². The van der Waals surface area contributed by atoms with Crippen LogP contribution >= 0.6 is 8.58 Å². The minimum Gasteiger partial charge on any atom is -0.507 e. The van der Waals surface area contributed by atoms with Gasteiger partial charge in [0.1, 0.15) is 5.75 Å². The topological polar surface area (TPSA) is 23.5 Å². The highest BCUT2D eigenvalue weighted by molar-refractivity contribution is 7.56. The van der Waals surface area contributed by atoms with E-state index in [1.54, 1.807) is 0 Å². The molecule has 27 heavy (non-hydrogen) atoms. The standard InChI is InChI=1S/C24H26NOP/c26-22-14-13-20(17-19-9-3-1-4-10-19)18-24(22)27-23-12-6-5-11-21(23)25-15-7-2-8-16-25/h1,3-6,9-14,18,26-27H,2,7-8,15-17H2. The van der Waals surface area contributed by atoms with Crippen LogP contribution in [0.4, 0.5) is 5.69 Å². The Bertz CT molecular complexity index is 888. The van der Waals surface area contributed by atoms with Crippen LogP contribution in [-0.4, -0.2) is 18.2 Å². The minimum absolute atomic E-state index is 0.401. The van der Waals surface area contributed by atoms with E-state index >= 15 is 0 Å². The second-order valence-electron chi connectivity index (χ2n) is 7.20. The molecule has 138 valence electrons. The van der Waals surface area contributed by atoms with Crippen molar-refractivity contribution in [2.75, 3.05) is 18.0 Å². The van der Waals surface area contributed by atoms with Crippen molar-refractivity contribution in [1.29, 1.82) is 0 Å². The maximum Gasteiger partial charge on any atom is 0.123 e. The summed E-state index contributed by atoms with van der Waals surface area (Å²) in [6.45, 7) is 2.28. The molecule has 1 N–H and O–H groups in total. The second-order valence-corrected chi connectivity index (χ2v) is 8.53. The van der Waals surface area contributed by atoms with E-state index in [-0.39, 0.29) is 0 Å². The highest BCUT2D eigenvalue weighted by atomic mass is 31.1. The summed E-state index contributed by atoms with van der Waals surface area (Å²) in [5, 5.41) is 12.8. The van der Waals surface area contributed by atoms with E-state index in [9.17, 15) is 5.11 Å². The maximum atomic E-state index is 10.5. The van der Waals surface area contributed by atoms with Crippen molar-refractivity contribution in [3.63, 3.8) is 0 Å². The molecule has 1 aliphatic rings. The van der Waals surface area contributed by atoms with E-state index in [4.69, 9.17) is 0 Å². The number of benzene rings is 3. The number of hydrogen-bond acceptors (Lipinski definition) is 2. The van der Waals surface area contributed by atoms with Crippen LogP contribution in [0.3, 0.4) is 0 Å². The molecule has 0 aliphatic carbocycles. The lowest BCUT2D eigenvalue weighted by molar-refractivity contribution is 0.479. The van der Waals surface area contributed by atoms with E-state index < -0.39 is 0 Å². The zero-order valence-corrected chi connectivity index (χ0v) is 16.6. The van der Waals surface area contributed by atoms with Gasteiger partial charge in [-0.25, -0.2) is 0 Å². The van der Waals surface area contributed by atoms with Crippen LogP contribution in [-0.2, 0) is 6.42 Å². The van der Waals surface area contributed by atoms with Crippen molar-refractivity contribution in [2.45, 2.75) is 25.7 Å². The van der Waals surface area contributed by atoms with Crippen LogP contribution in [0, 0.1) is 0 Å². The fourth-order valence-electron chi connectivity index (χ4n) is 3.76. The van der Waals surface area contributed by atoms with Gasteiger partial charge in [0, 0.05) is 29.4 Å². The van der Waals surface area contributed by atoms with Crippen LogP contribution in [0.5, 0.6) is 5.75 Å². The zero-order valence-electron chi connectivity index (χ0n) is 15.6. The van der Waals surface area contributed by atoms with E-state index in [0.717, 1.165) is 24.8 Å². The summed E-state index contributed by atoms with van der Waals surface area (Å²) >= 11 is 0. The fraction of sp³-hybridized carbons (Fsp3) is 0.250. The van der Waals surface area contributed by atoms with E-state index in [1.165, 1.54) is 41.4 Å². The van der Waals surface area contributed by atoms with Gasteiger partial charge >= 0.3 is 0 Å². The summed E-state index contributed by atoms with van der Waals surface area (Å²) in [5.74, 6) is 0.401. The van der Waals surface area contributed by atoms with Gasteiger partial charge in [-0.15, -0.1) is 0 Å². The first kappa shape index (κ1) is 18.1. The molecule has 1 fully saturated rings.